The number of benzene rings is 1. The molecule has 1 heterocycles. The maximum Gasteiger partial charge on any atom is 0.171 e. The summed E-state index contributed by atoms with van der Waals surface area (Å²) in [6.07, 6.45) is 0.936. The van der Waals surface area contributed by atoms with E-state index in [1.54, 1.807) is 17.8 Å². The molecule has 0 atom stereocenters. The van der Waals surface area contributed by atoms with Crippen molar-refractivity contribution in [1.82, 2.24) is 9.78 Å². The molecule has 0 bridgehead atoms. The lowest BCUT2D eigenvalue weighted by Crippen LogP contribution is -2.09. The number of hydrogen-bond donors (Lipinski definition) is 0. The average Bonchev–Trinajstić information content (AvgIpc) is 2.79. The molecule has 0 fully saturated rings. The highest BCUT2D eigenvalue weighted by molar-refractivity contribution is 5.97. The van der Waals surface area contributed by atoms with Gasteiger partial charge < -0.3 is 4.74 Å². The van der Waals surface area contributed by atoms with Crippen LogP contribution in [-0.2, 0) is 19.9 Å². The first-order valence-corrected chi connectivity index (χ1v) is 6.43. The number of ketones is 1. The Balaban J connectivity index is 2.21. The molecule has 0 saturated carbocycles. The summed E-state index contributed by atoms with van der Waals surface area (Å²) in [5.74, 6) is -0.434. The quantitative estimate of drug-likeness (QED) is 0.788. The number of methoxy groups -OCH3 is 1. The van der Waals surface area contributed by atoms with Crippen molar-refractivity contribution in [3.8, 4) is 5.75 Å². The molecule has 0 aliphatic rings. The van der Waals surface area contributed by atoms with Crippen LogP contribution in [0.2, 0.25) is 0 Å². The van der Waals surface area contributed by atoms with Crippen LogP contribution in [0.3, 0.4) is 0 Å². The molecule has 1 aromatic heterocycles. The standard InChI is InChI=1S/C15H17FN2O2/c1-4-10-7-11(18(2)17-10)8-15(19)13-6-5-12(20-3)9-14(13)16/h5-7,9H,4,8H2,1-3H3. The van der Waals surface area contributed by atoms with E-state index < -0.39 is 5.82 Å². The molecule has 2 aromatic rings. The van der Waals surface area contributed by atoms with Gasteiger partial charge in [0.25, 0.3) is 0 Å². The fraction of sp³-hybridized carbons (Fsp3) is 0.333. The van der Waals surface area contributed by atoms with Gasteiger partial charge in [-0.1, -0.05) is 6.92 Å². The number of aromatic nitrogens is 2. The van der Waals surface area contributed by atoms with Gasteiger partial charge in [0.1, 0.15) is 11.6 Å². The van der Waals surface area contributed by atoms with Gasteiger partial charge in [-0.05, 0) is 24.6 Å². The number of nitrogens with zero attached hydrogens (tertiary/aromatic N) is 2. The van der Waals surface area contributed by atoms with E-state index in [9.17, 15) is 9.18 Å². The number of hydrogen-bond acceptors (Lipinski definition) is 3. The van der Waals surface area contributed by atoms with E-state index in [0.717, 1.165) is 17.8 Å². The Morgan fingerprint density at radius 3 is 2.70 bits per heavy atom. The summed E-state index contributed by atoms with van der Waals surface area (Å²) >= 11 is 0. The zero-order chi connectivity index (χ0) is 14.7. The molecule has 0 radical (unpaired) electrons. The zero-order valence-corrected chi connectivity index (χ0v) is 11.8. The molecule has 2 rings (SSSR count). The van der Waals surface area contributed by atoms with Gasteiger partial charge in [-0.3, -0.25) is 9.48 Å². The molecule has 0 aliphatic heterocycles. The summed E-state index contributed by atoms with van der Waals surface area (Å²) in [5, 5.41) is 4.28. The summed E-state index contributed by atoms with van der Waals surface area (Å²) in [6.45, 7) is 2.00. The molecule has 1 aromatic carbocycles. The highest BCUT2D eigenvalue weighted by Gasteiger charge is 2.15. The van der Waals surface area contributed by atoms with Crippen molar-refractivity contribution in [3.05, 3.63) is 47.0 Å². The SMILES string of the molecule is CCc1cc(CC(=O)c2ccc(OC)cc2F)n(C)n1. The number of carbonyl (C=O) groups is 1. The van der Waals surface area contributed by atoms with Gasteiger partial charge in [0.15, 0.2) is 5.78 Å². The number of halogens is 1. The molecule has 5 heteroatoms. The fourth-order valence-corrected chi connectivity index (χ4v) is 2.02. The van der Waals surface area contributed by atoms with Gasteiger partial charge in [-0.15, -0.1) is 0 Å². The van der Waals surface area contributed by atoms with Gasteiger partial charge in [-0.2, -0.15) is 5.10 Å². The lowest BCUT2D eigenvalue weighted by Gasteiger charge is -2.05. The summed E-state index contributed by atoms with van der Waals surface area (Å²) in [7, 11) is 3.24. The lowest BCUT2D eigenvalue weighted by molar-refractivity contribution is 0.0987. The fourth-order valence-electron chi connectivity index (χ4n) is 2.02. The minimum absolute atomic E-state index is 0.0741. The number of rotatable bonds is 5. The summed E-state index contributed by atoms with van der Waals surface area (Å²) in [6, 6.07) is 6.12. The maximum atomic E-state index is 13.8. The van der Waals surface area contributed by atoms with Crippen LogP contribution in [-0.4, -0.2) is 22.7 Å². The van der Waals surface area contributed by atoms with Gasteiger partial charge >= 0.3 is 0 Å². The van der Waals surface area contributed by atoms with Gasteiger partial charge in [0, 0.05) is 18.8 Å². The Kier molecular flexibility index (Phi) is 4.17. The second kappa shape index (κ2) is 5.86. The Labute approximate surface area is 117 Å². The van der Waals surface area contributed by atoms with E-state index in [-0.39, 0.29) is 17.8 Å². The third-order valence-electron chi connectivity index (χ3n) is 3.21. The monoisotopic (exact) mass is 276 g/mol. The molecule has 106 valence electrons. The molecule has 0 N–H and O–H groups in total. The third kappa shape index (κ3) is 2.87. The van der Waals surface area contributed by atoms with Crippen LogP contribution >= 0.6 is 0 Å². The Bertz CT molecular complexity index is 635. The van der Waals surface area contributed by atoms with E-state index in [4.69, 9.17) is 4.74 Å². The Morgan fingerprint density at radius 2 is 2.15 bits per heavy atom. The van der Waals surface area contributed by atoms with Gasteiger partial charge in [0.2, 0.25) is 0 Å². The third-order valence-corrected chi connectivity index (χ3v) is 3.21. The average molecular weight is 276 g/mol. The van der Waals surface area contributed by atoms with E-state index in [1.807, 2.05) is 13.0 Å². The minimum atomic E-state index is -0.563. The van der Waals surface area contributed by atoms with Crippen LogP contribution in [0.15, 0.2) is 24.3 Å². The molecule has 0 saturated heterocycles. The van der Waals surface area contributed by atoms with Crippen molar-refractivity contribution >= 4 is 5.78 Å². The summed E-state index contributed by atoms with van der Waals surface area (Å²) in [4.78, 5) is 12.2. The first-order valence-electron chi connectivity index (χ1n) is 6.43. The topological polar surface area (TPSA) is 44.1 Å². The van der Waals surface area contributed by atoms with Crippen molar-refractivity contribution < 1.29 is 13.9 Å². The lowest BCUT2D eigenvalue weighted by atomic mass is 10.1. The Morgan fingerprint density at radius 1 is 1.40 bits per heavy atom. The number of aryl methyl sites for hydroxylation is 2. The number of ether oxygens (including phenoxy) is 1. The Hall–Kier alpha value is -2.17. The van der Waals surface area contributed by atoms with Crippen LogP contribution in [0.5, 0.6) is 5.75 Å². The highest BCUT2D eigenvalue weighted by Crippen LogP contribution is 2.18. The first kappa shape index (κ1) is 14.2. The normalized spacial score (nSPS) is 10.6. The molecule has 20 heavy (non-hydrogen) atoms. The molecule has 0 amide bonds. The number of carbonyl (C=O) groups excluding carboxylic acids is 1. The van der Waals surface area contributed by atoms with E-state index in [0.29, 0.717) is 5.75 Å². The van der Waals surface area contributed by atoms with Crippen molar-refractivity contribution in [2.75, 3.05) is 7.11 Å². The second-order valence-electron chi connectivity index (χ2n) is 4.55. The second-order valence-corrected chi connectivity index (χ2v) is 4.55. The van der Waals surface area contributed by atoms with Crippen molar-refractivity contribution in [1.29, 1.82) is 0 Å². The minimum Gasteiger partial charge on any atom is -0.497 e. The van der Waals surface area contributed by atoms with Crippen LogP contribution in [0.25, 0.3) is 0 Å². The van der Waals surface area contributed by atoms with Crippen LogP contribution in [0.1, 0.15) is 28.7 Å². The molecule has 0 unspecified atom stereocenters. The van der Waals surface area contributed by atoms with E-state index >= 15 is 0 Å². The van der Waals surface area contributed by atoms with Crippen LogP contribution < -0.4 is 4.74 Å². The van der Waals surface area contributed by atoms with Crippen LogP contribution in [0, 0.1) is 5.82 Å². The van der Waals surface area contributed by atoms with Crippen molar-refractivity contribution in [3.63, 3.8) is 0 Å². The molecular formula is C15H17FN2O2. The summed E-state index contributed by atoms with van der Waals surface area (Å²) < 4.78 is 20.4. The summed E-state index contributed by atoms with van der Waals surface area (Å²) in [5.41, 5.74) is 1.78. The van der Waals surface area contributed by atoms with E-state index in [2.05, 4.69) is 5.10 Å². The van der Waals surface area contributed by atoms with Gasteiger partial charge in [0.05, 0.1) is 24.8 Å². The van der Waals surface area contributed by atoms with E-state index in [1.165, 1.54) is 19.2 Å². The smallest absolute Gasteiger partial charge is 0.171 e. The van der Waals surface area contributed by atoms with Crippen molar-refractivity contribution in [2.45, 2.75) is 19.8 Å². The molecule has 0 spiro atoms. The highest BCUT2D eigenvalue weighted by atomic mass is 19.1. The van der Waals surface area contributed by atoms with Gasteiger partial charge in [-0.25, -0.2) is 4.39 Å². The first-order chi connectivity index (χ1) is 9.55. The predicted octanol–water partition coefficient (Wildman–Crippen LogP) is 2.56. The van der Waals surface area contributed by atoms with Crippen LogP contribution in [0.4, 0.5) is 4.39 Å². The van der Waals surface area contributed by atoms with Crippen molar-refractivity contribution in [2.24, 2.45) is 7.05 Å². The largest absolute Gasteiger partial charge is 0.497 e. The maximum absolute atomic E-state index is 13.8. The predicted molar refractivity (Wildman–Crippen MR) is 73.6 cm³/mol. The molecule has 0 aliphatic carbocycles. The molecular weight excluding hydrogens is 259 g/mol. The zero-order valence-electron chi connectivity index (χ0n) is 11.8. The number of Topliss-reactive ketones (excluding diaryl/α,β-unsaturated/α-hetero) is 1. The molecule has 4 nitrogen and oxygen atoms in total.